The van der Waals surface area contributed by atoms with Gasteiger partial charge in [-0.2, -0.15) is 0 Å². The molecule has 1 aliphatic rings. The molecular weight excluding hydrogens is 366 g/mol. The molecule has 2 atom stereocenters. The summed E-state index contributed by atoms with van der Waals surface area (Å²) in [4.78, 5) is 45.9. The van der Waals surface area contributed by atoms with Gasteiger partial charge in [0.1, 0.15) is 5.75 Å². The molecule has 0 radical (unpaired) electrons. The van der Waals surface area contributed by atoms with Gasteiger partial charge in [-0.3, -0.25) is 9.59 Å². The summed E-state index contributed by atoms with van der Waals surface area (Å²) in [7, 11) is 0. The van der Waals surface area contributed by atoms with Crippen molar-refractivity contribution in [2.24, 2.45) is 11.8 Å². The van der Waals surface area contributed by atoms with Crippen molar-refractivity contribution in [3.05, 3.63) is 34.9 Å². The van der Waals surface area contributed by atoms with Crippen LogP contribution in [0.3, 0.4) is 0 Å². The third-order valence-electron chi connectivity index (χ3n) is 3.85. The fourth-order valence-corrected chi connectivity index (χ4v) is 2.89. The van der Waals surface area contributed by atoms with Gasteiger partial charge in [-0.1, -0.05) is 17.7 Å². The Morgan fingerprint density at radius 3 is 2.46 bits per heavy atom. The summed E-state index contributed by atoms with van der Waals surface area (Å²) >= 11 is 5.90. The zero-order chi connectivity index (χ0) is 19.4. The third kappa shape index (κ3) is 4.60. The first kappa shape index (κ1) is 19.5. The number of allylic oxidation sites excluding steroid dienone is 2. The van der Waals surface area contributed by atoms with E-state index in [9.17, 15) is 29.4 Å². The van der Waals surface area contributed by atoms with E-state index < -0.39 is 41.2 Å². The first-order valence-electron chi connectivity index (χ1n) is 7.59. The molecule has 0 fully saturated rings. The SMILES string of the molecule is CC(=O)Oc1ccc(NC(=O)[C@@H]2CC(Cl)=CC[C@H]2C(=O)[O-])cc1C(=O)[O-]. The number of rotatable bonds is 5. The minimum atomic E-state index is -1.60. The average molecular weight is 380 g/mol. The van der Waals surface area contributed by atoms with Crippen molar-refractivity contribution in [2.45, 2.75) is 19.8 Å². The van der Waals surface area contributed by atoms with E-state index in [-0.39, 0.29) is 24.3 Å². The molecule has 0 heterocycles. The van der Waals surface area contributed by atoms with Crippen LogP contribution in [-0.2, 0) is 14.4 Å². The maximum absolute atomic E-state index is 12.4. The number of carboxylic acid groups (broad SMARTS) is 2. The number of carbonyl (C=O) groups excluding carboxylic acids is 4. The van der Waals surface area contributed by atoms with Gasteiger partial charge >= 0.3 is 5.97 Å². The van der Waals surface area contributed by atoms with Crippen molar-refractivity contribution >= 4 is 41.1 Å². The van der Waals surface area contributed by atoms with Gasteiger partial charge in [-0.05, 0) is 31.0 Å². The van der Waals surface area contributed by atoms with E-state index >= 15 is 0 Å². The molecule has 8 nitrogen and oxygen atoms in total. The molecule has 1 aromatic carbocycles. The van der Waals surface area contributed by atoms with Crippen molar-refractivity contribution in [1.82, 2.24) is 0 Å². The Kier molecular flexibility index (Phi) is 5.99. The van der Waals surface area contributed by atoms with E-state index in [1.165, 1.54) is 18.2 Å². The second kappa shape index (κ2) is 8.01. The molecule has 0 saturated heterocycles. The van der Waals surface area contributed by atoms with Crippen LogP contribution in [0.4, 0.5) is 5.69 Å². The molecule has 1 aliphatic carbocycles. The predicted octanol–water partition coefficient (Wildman–Crippen LogP) is -0.187. The molecule has 0 aromatic heterocycles. The van der Waals surface area contributed by atoms with E-state index in [0.717, 1.165) is 13.0 Å². The fourth-order valence-electron chi connectivity index (χ4n) is 2.64. The standard InChI is InChI=1S/C17H16ClNO7/c1-8(20)26-14-5-3-10(7-13(14)17(24)25)19-15(21)12-6-9(18)2-4-11(12)16(22)23/h2-3,5,7,11-12H,4,6H2,1H3,(H,19,21)(H,22,23)(H,24,25)/p-2/t11-,12-/m1/s1. The number of ether oxygens (including phenoxy) is 1. The number of hydrogen-bond donors (Lipinski definition) is 1. The lowest BCUT2D eigenvalue weighted by Gasteiger charge is -2.29. The predicted molar refractivity (Wildman–Crippen MR) is 85.9 cm³/mol. The van der Waals surface area contributed by atoms with Crippen molar-refractivity contribution in [3.8, 4) is 5.75 Å². The van der Waals surface area contributed by atoms with Crippen LogP contribution >= 0.6 is 11.6 Å². The minimum absolute atomic E-state index is 0.0326. The van der Waals surface area contributed by atoms with Crippen molar-refractivity contribution in [2.75, 3.05) is 5.32 Å². The summed E-state index contributed by atoms with van der Waals surface area (Å²) in [5, 5.41) is 25.2. The maximum Gasteiger partial charge on any atom is 0.308 e. The Morgan fingerprint density at radius 1 is 1.19 bits per heavy atom. The lowest BCUT2D eigenvalue weighted by atomic mass is 9.82. The minimum Gasteiger partial charge on any atom is -0.550 e. The van der Waals surface area contributed by atoms with Gasteiger partial charge in [0.2, 0.25) is 5.91 Å². The number of nitrogens with one attached hydrogen (secondary N) is 1. The summed E-state index contributed by atoms with van der Waals surface area (Å²) in [6.07, 6.45) is 1.62. The molecule has 0 bridgehead atoms. The number of carbonyl (C=O) groups is 4. The fraction of sp³-hybridized carbons (Fsp3) is 0.294. The number of aromatic carboxylic acids is 1. The largest absolute Gasteiger partial charge is 0.550 e. The Labute approximate surface area is 153 Å². The van der Waals surface area contributed by atoms with Gasteiger partial charge in [-0.25, -0.2) is 0 Å². The zero-order valence-electron chi connectivity index (χ0n) is 13.6. The van der Waals surface area contributed by atoms with Crippen LogP contribution in [0.2, 0.25) is 0 Å². The quantitative estimate of drug-likeness (QED) is 0.553. The molecular formula is C17H14ClNO7-2. The molecule has 1 amide bonds. The summed E-state index contributed by atoms with van der Waals surface area (Å²) in [5.41, 5.74) is -0.358. The number of hydrogen-bond acceptors (Lipinski definition) is 7. The second-order valence-corrected chi connectivity index (χ2v) is 6.19. The van der Waals surface area contributed by atoms with Gasteiger partial charge < -0.3 is 29.9 Å². The number of halogens is 1. The Bertz CT molecular complexity index is 802. The average Bonchev–Trinajstić information content (AvgIpc) is 2.55. The van der Waals surface area contributed by atoms with Crippen LogP contribution in [0, 0.1) is 11.8 Å². The zero-order valence-corrected chi connectivity index (χ0v) is 14.4. The lowest BCUT2D eigenvalue weighted by molar-refractivity contribution is -0.313. The van der Waals surface area contributed by atoms with Gasteiger partial charge in [-0.15, -0.1) is 0 Å². The highest BCUT2D eigenvalue weighted by Gasteiger charge is 2.32. The highest BCUT2D eigenvalue weighted by molar-refractivity contribution is 6.29. The van der Waals surface area contributed by atoms with E-state index in [1.54, 1.807) is 0 Å². The molecule has 1 aromatic rings. The monoisotopic (exact) mass is 379 g/mol. The van der Waals surface area contributed by atoms with Crippen LogP contribution < -0.4 is 20.3 Å². The second-order valence-electron chi connectivity index (χ2n) is 5.70. The smallest absolute Gasteiger partial charge is 0.308 e. The van der Waals surface area contributed by atoms with Crippen LogP contribution in [0.5, 0.6) is 5.75 Å². The van der Waals surface area contributed by atoms with Crippen molar-refractivity contribution in [1.29, 1.82) is 0 Å². The lowest BCUT2D eigenvalue weighted by Crippen LogP contribution is -2.42. The molecule has 2 rings (SSSR count). The molecule has 0 unspecified atom stereocenters. The number of carboxylic acids is 2. The number of anilines is 1. The number of benzene rings is 1. The normalized spacial score (nSPS) is 19.2. The first-order valence-corrected chi connectivity index (χ1v) is 7.97. The number of amides is 1. The van der Waals surface area contributed by atoms with E-state index in [2.05, 4.69) is 5.32 Å². The molecule has 0 saturated carbocycles. The topological polar surface area (TPSA) is 136 Å². The summed E-state index contributed by atoms with van der Waals surface area (Å²) < 4.78 is 4.76. The molecule has 26 heavy (non-hydrogen) atoms. The number of esters is 1. The Morgan fingerprint density at radius 2 is 1.88 bits per heavy atom. The highest BCUT2D eigenvalue weighted by atomic mass is 35.5. The molecule has 9 heteroatoms. The van der Waals surface area contributed by atoms with Crippen LogP contribution in [0.25, 0.3) is 0 Å². The third-order valence-corrected chi connectivity index (χ3v) is 4.16. The van der Waals surface area contributed by atoms with Gasteiger partial charge in [0, 0.05) is 35.1 Å². The molecule has 1 N–H and O–H groups in total. The van der Waals surface area contributed by atoms with Gasteiger partial charge in [0.05, 0.1) is 11.9 Å². The van der Waals surface area contributed by atoms with Gasteiger partial charge in [0.25, 0.3) is 0 Å². The Balaban J connectivity index is 2.24. The van der Waals surface area contributed by atoms with E-state index in [4.69, 9.17) is 16.3 Å². The molecule has 138 valence electrons. The molecule has 0 spiro atoms. The number of aliphatic carboxylic acids is 1. The van der Waals surface area contributed by atoms with Crippen LogP contribution in [0.1, 0.15) is 30.1 Å². The van der Waals surface area contributed by atoms with Crippen LogP contribution in [0.15, 0.2) is 29.3 Å². The van der Waals surface area contributed by atoms with Crippen LogP contribution in [-0.4, -0.2) is 23.8 Å². The van der Waals surface area contributed by atoms with E-state index in [0.29, 0.717) is 5.03 Å². The van der Waals surface area contributed by atoms with Crippen molar-refractivity contribution in [3.63, 3.8) is 0 Å². The summed E-state index contributed by atoms with van der Waals surface area (Å²) in [6.45, 7) is 1.11. The van der Waals surface area contributed by atoms with E-state index in [1.807, 2.05) is 0 Å². The van der Waals surface area contributed by atoms with Crippen molar-refractivity contribution < 1.29 is 34.1 Å². The Hall–Kier alpha value is -2.87. The first-order chi connectivity index (χ1) is 12.2. The van der Waals surface area contributed by atoms with Gasteiger partial charge in [0.15, 0.2) is 0 Å². The maximum atomic E-state index is 12.4. The highest BCUT2D eigenvalue weighted by Crippen LogP contribution is 2.32. The summed E-state index contributed by atoms with van der Waals surface area (Å²) in [6, 6.07) is 3.56. The summed E-state index contributed by atoms with van der Waals surface area (Å²) in [5.74, 6) is -6.57. The molecule has 0 aliphatic heterocycles.